The molecule has 0 bridgehead atoms. The number of hydrogen-bond acceptors (Lipinski definition) is 4. The number of amides is 1. The largest absolute Gasteiger partial charge is 0.330 e. The molecule has 0 saturated carbocycles. The molecule has 0 aromatic heterocycles. The maximum Gasteiger partial charge on any atom is 0.227 e. The number of benzene rings is 1. The molecular formula is C13H19ClN2O3S. The molecule has 0 aliphatic rings. The van der Waals surface area contributed by atoms with Crippen molar-refractivity contribution in [2.24, 2.45) is 11.7 Å². The van der Waals surface area contributed by atoms with Gasteiger partial charge in [-0.25, -0.2) is 8.42 Å². The van der Waals surface area contributed by atoms with Gasteiger partial charge in [0.15, 0.2) is 9.84 Å². The van der Waals surface area contributed by atoms with Crippen molar-refractivity contribution < 1.29 is 13.2 Å². The number of rotatable bonds is 6. The topological polar surface area (TPSA) is 89.3 Å². The van der Waals surface area contributed by atoms with Crippen LogP contribution in [0.3, 0.4) is 0 Å². The Kier molecular flexibility index (Phi) is 5.98. The fraction of sp³-hybridized carbons (Fsp3) is 0.462. The molecule has 5 nitrogen and oxygen atoms in total. The third-order valence-corrected chi connectivity index (χ3v) is 4.35. The molecule has 1 amide bonds. The second-order valence-electron chi connectivity index (χ2n) is 4.74. The van der Waals surface area contributed by atoms with Crippen molar-refractivity contribution in [3.8, 4) is 0 Å². The lowest BCUT2D eigenvalue weighted by Gasteiger charge is -2.13. The van der Waals surface area contributed by atoms with Crippen molar-refractivity contribution in [2.75, 3.05) is 18.1 Å². The second kappa shape index (κ2) is 7.06. The van der Waals surface area contributed by atoms with Crippen LogP contribution in [-0.2, 0) is 14.6 Å². The molecule has 0 spiro atoms. The van der Waals surface area contributed by atoms with E-state index in [-0.39, 0.29) is 16.7 Å². The highest BCUT2D eigenvalue weighted by Crippen LogP contribution is 2.26. The highest BCUT2D eigenvalue weighted by atomic mass is 35.5. The van der Waals surface area contributed by atoms with Gasteiger partial charge in [-0.05, 0) is 37.6 Å². The fourth-order valence-corrected chi connectivity index (χ4v) is 2.45. The van der Waals surface area contributed by atoms with Crippen molar-refractivity contribution in [1.29, 1.82) is 0 Å². The van der Waals surface area contributed by atoms with Crippen molar-refractivity contribution in [3.05, 3.63) is 23.2 Å². The monoisotopic (exact) mass is 318 g/mol. The van der Waals surface area contributed by atoms with Gasteiger partial charge in [0.05, 0.1) is 15.6 Å². The lowest BCUT2D eigenvalue weighted by Crippen LogP contribution is -2.21. The van der Waals surface area contributed by atoms with Crippen LogP contribution in [0, 0.1) is 5.92 Å². The molecule has 20 heavy (non-hydrogen) atoms. The Morgan fingerprint density at radius 1 is 1.45 bits per heavy atom. The quantitative estimate of drug-likeness (QED) is 0.840. The summed E-state index contributed by atoms with van der Waals surface area (Å²) in [6, 6.07) is 4.23. The van der Waals surface area contributed by atoms with Crippen LogP contribution in [0.1, 0.15) is 19.8 Å². The van der Waals surface area contributed by atoms with Gasteiger partial charge in [-0.15, -0.1) is 0 Å². The molecule has 1 rings (SSSR count). The van der Waals surface area contributed by atoms with Gasteiger partial charge >= 0.3 is 0 Å². The number of nitrogens with one attached hydrogen (secondary N) is 1. The molecule has 1 atom stereocenters. The number of carbonyl (C=O) groups is 1. The summed E-state index contributed by atoms with van der Waals surface area (Å²) in [6.07, 6.45) is 2.53. The predicted molar refractivity (Wildman–Crippen MR) is 80.6 cm³/mol. The van der Waals surface area contributed by atoms with Crippen LogP contribution in [0.4, 0.5) is 5.69 Å². The normalized spacial score (nSPS) is 13.0. The van der Waals surface area contributed by atoms with Gasteiger partial charge in [0.2, 0.25) is 5.91 Å². The molecule has 1 unspecified atom stereocenters. The zero-order chi connectivity index (χ0) is 15.3. The highest BCUT2D eigenvalue weighted by Gasteiger charge is 2.16. The first-order valence-corrected chi connectivity index (χ1v) is 8.53. The third kappa shape index (κ3) is 4.77. The first kappa shape index (κ1) is 16.9. The van der Waals surface area contributed by atoms with Gasteiger partial charge in [0, 0.05) is 12.2 Å². The first-order valence-electron chi connectivity index (χ1n) is 6.26. The molecule has 0 saturated heterocycles. The van der Waals surface area contributed by atoms with Crippen molar-refractivity contribution in [2.45, 2.75) is 24.7 Å². The first-order chi connectivity index (χ1) is 9.25. The Balaban J connectivity index is 2.89. The van der Waals surface area contributed by atoms with Gasteiger partial charge in [-0.2, -0.15) is 0 Å². The van der Waals surface area contributed by atoms with E-state index in [1.165, 1.54) is 18.2 Å². The molecule has 3 N–H and O–H groups in total. The van der Waals surface area contributed by atoms with E-state index in [4.69, 9.17) is 17.3 Å². The molecular weight excluding hydrogens is 300 g/mol. The molecule has 7 heteroatoms. The minimum absolute atomic E-state index is 0.117. The van der Waals surface area contributed by atoms with E-state index >= 15 is 0 Å². The van der Waals surface area contributed by atoms with Gasteiger partial charge in [0.25, 0.3) is 0 Å². The van der Waals surface area contributed by atoms with Gasteiger partial charge in [0.1, 0.15) is 0 Å². The van der Waals surface area contributed by atoms with E-state index in [0.29, 0.717) is 23.7 Å². The Hall–Kier alpha value is -1.11. The summed E-state index contributed by atoms with van der Waals surface area (Å²) in [7, 11) is -3.34. The van der Waals surface area contributed by atoms with Gasteiger partial charge < -0.3 is 11.1 Å². The molecule has 1 aromatic rings. The third-order valence-electron chi connectivity index (χ3n) is 2.91. The standard InChI is InChI=1S/C13H19ClN2O3S/c1-9(4-3-7-15)13(17)16-12-8-10(20(2,18)19)5-6-11(12)14/h5-6,8-9H,3-4,7,15H2,1-2H3,(H,16,17). The Labute approximate surface area is 124 Å². The van der Waals surface area contributed by atoms with Crippen LogP contribution >= 0.6 is 11.6 Å². The van der Waals surface area contributed by atoms with Crippen LogP contribution in [-0.4, -0.2) is 27.1 Å². The number of carbonyl (C=O) groups excluding carboxylic acids is 1. The van der Waals surface area contributed by atoms with E-state index in [0.717, 1.165) is 12.7 Å². The van der Waals surface area contributed by atoms with Crippen LogP contribution in [0.15, 0.2) is 23.1 Å². The summed E-state index contributed by atoms with van der Waals surface area (Å²) >= 11 is 5.97. The highest BCUT2D eigenvalue weighted by molar-refractivity contribution is 7.90. The summed E-state index contributed by atoms with van der Waals surface area (Å²) < 4.78 is 23.0. The number of nitrogens with two attached hydrogens (primary N) is 1. The van der Waals surface area contributed by atoms with Crippen molar-refractivity contribution in [1.82, 2.24) is 0 Å². The summed E-state index contributed by atoms with van der Waals surface area (Å²) in [5.41, 5.74) is 5.71. The predicted octanol–water partition coefficient (Wildman–Crippen LogP) is 2.06. The number of anilines is 1. The van der Waals surface area contributed by atoms with Gasteiger partial charge in [-0.3, -0.25) is 4.79 Å². The number of sulfone groups is 1. The minimum atomic E-state index is -3.34. The minimum Gasteiger partial charge on any atom is -0.330 e. The van der Waals surface area contributed by atoms with E-state index in [9.17, 15) is 13.2 Å². The lowest BCUT2D eigenvalue weighted by molar-refractivity contribution is -0.119. The molecule has 0 fully saturated rings. The van der Waals surface area contributed by atoms with E-state index in [1.807, 2.05) is 0 Å². The Morgan fingerprint density at radius 3 is 2.65 bits per heavy atom. The van der Waals surface area contributed by atoms with Crippen LogP contribution in [0.2, 0.25) is 5.02 Å². The summed E-state index contributed by atoms with van der Waals surface area (Å²) in [6.45, 7) is 2.32. The molecule has 0 aliphatic heterocycles. The second-order valence-corrected chi connectivity index (χ2v) is 7.16. The zero-order valence-electron chi connectivity index (χ0n) is 11.5. The summed E-state index contributed by atoms with van der Waals surface area (Å²) in [5.74, 6) is -0.414. The smallest absolute Gasteiger partial charge is 0.227 e. The maximum atomic E-state index is 12.0. The molecule has 0 heterocycles. The summed E-state index contributed by atoms with van der Waals surface area (Å²) in [4.78, 5) is 12.1. The molecule has 112 valence electrons. The van der Waals surface area contributed by atoms with E-state index in [2.05, 4.69) is 5.32 Å². The van der Waals surface area contributed by atoms with Gasteiger partial charge in [-0.1, -0.05) is 18.5 Å². The average molecular weight is 319 g/mol. The zero-order valence-corrected chi connectivity index (χ0v) is 13.1. The molecule has 1 aromatic carbocycles. The maximum absolute atomic E-state index is 12.0. The van der Waals surface area contributed by atoms with E-state index < -0.39 is 9.84 Å². The molecule has 0 radical (unpaired) electrons. The van der Waals surface area contributed by atoms with Crippen LogP contribution in [0.5, 0.6) is 0 Å². The van der Waals surface area contributed by atoms with Crippen LogP contribution < -0.4 is 11.1 Å². The van der Waals surface area contributed by atoms with E-state index in [1.54, 1.807) is 6.92 Å². The lowest BCUT2D eigenvalue weighted by atomic mass is 10.0. The Bertz CT molecular complexity index is 587. The molecule has 0 aliphatic carbocycles. The fourth-order valence-electron chi connectivity index (χ4n) is 1.64. The van der Waals surface area contributed by atoms with Crippen molar-refractivity contribution >= 4 is 33.0 Å². The number of halogens is 1. The Morgan fingerprint density at radius 2 is 2.10 bits per heavy atom. The SMILES string of the molecule is CC(CCCN)C(=O)Nc1cc(S(C)(=O)=O)ccc1Cl. The van der Waals surface area contributed by atoms with Crippen LogP contribution in [0.25, 0.3) is 0 Å². The summed E-state index contributed by atoms with van der Waals surface area (Å²) in [5, 5.41) is 2.96. The van der Waals surface area contributed by atoms with Crippen molar-refractivity contribution in [3.63, 3.8) is 0 Å². The average Bonchev–Trinajstić information content (AvgIpc) is 2.37. The number of hydrogen-bond donors (Lipinski definition) is 2.